The molecule has 0 radical (unpaired) electrons. The van der Waals surface area contributed by atoms with Crippen LogP contribution < -0.4 is 0 Å². The van der Waals surface area contributed by atoms with Gasteiger partial charge in [-0.1, -0.05) is 19.9 Å². The van der Waals surface area contributed by atoms with Crippen LogP contribution in [0.2, 0.25) is 0 Å². The van der Waals surface area contributed by atoms with Crippen LogP contribution in [0.25, 0.3) is 10.9 Å². The summed E-state index contributed by atoms with van der Waals surface area (Å²) >= 11 is 6.19. The van der Waals surface area contributed by atoms with Gasteiger partial charge in [0.25, 0.3) is 0 Å². The van der Waals surface area contributed by atoms with Crippen molar-refractivity contribution in [3.63, 3.8) is 0 Å². The topological polar surface area (TPSA) is 12.9 Å². The summed E-state index contributed by atoms with van der Waals surface area (Å²) < 4.78 is 0. The van der Waals surface area contributed by atoms with Gasteiger partial charge in [-0.3, -0.25) is 4.98 Å². The van der Waals surface area contributed by atoms with Crippen LogP contribution in [-0.2, 0) is 18.7 Å². The Hall–Kier alpha value is -1.08. The van der Waals surface area contributed by atoms with E-state index in [0.29, 0.717) is 11.8 Å². The summed E-state index contributed by atoms with van der Waals surface area (Å²) in [7, 11) is 0. The highest BCUT2D eigenvalue weighted by atomic mass is 35.5. The lowest BCUT2D eigenvalue weighted by Gasteiger charge is -2.12. The Balaban J connectivity index is 2.30. The van der Waals surface area contributed by atoms with Gasteiger partial charge in [0.15, 0.2) is 0 Å². The van der Waals surface area contributed by atoms with E-state index in [1.54, 1.807) is 0 Å². The second kappa shape index (κ2) is 4.55. The number of alkyl halides is 1. The van der Waals surface area contributed by atoms with Gasteiger partial charge < -0.3 is 0 Å². The van der Waals surface area contributed by atoms with Crippen molar-refractivity contribution >= 4 is 22.5 Å². The highest BCUT2D eigenvalue weighted by Gasteiger charge is 2.19. The molecule has 0 fully saturated rings. The van der Waals surface area contributed by atoms with Crippen molar-refractivity contribution in [2.45, 2.75) is 44.9 Å². The molecule has 94 valence electrons. The van der Waals surface area contributed by atoms with Gasteiger partial charge in [-0.05, 0) is 54.0 Å². The number of hydrogen-bond acceptors (Lipinski definition) is 1. The zero-order chi connectivity index (χ0) is 12.7. The van der Waals surface area contributed by atoms with Crippen molar-refractivity contribution in [1.82, 2.24) is 4.98 Å². The second-order valence-electron chi connectivity index (χ2n) is 5.43. The minimum absolute atomic E-state index is 0.547. The molecule has 0 aliphatic heterocycles. The number of rotatable bonds is 2. The Labute approximate surface area is 113 Å². The predicted molar refractivity (Wildman–Crippen MR) is 77.4 cm³/mol. The molecule has 0 bridgehead atoms. The van der Waals surface area contributed by atoms with Crippen LogP contribution in [0.1, 0.15) is 48.6 Å². The number of pyridine rings is 1. The number of benzene rings is 1. The SMILES string of the molecule is CC(C)c1ccc2nc3c(c(CCl)c2c1)CCC3. The average Bonchev–Trinajstić information content (AvgIpc) is 2.82. The molecule has 0 amide bonds. The molecular formula is C16H18ClN. The van der Waals surface area contributed by atoms with E-state index in [4.69, 9.17) is 16.6 Å². The molecule has 1 aromatic heterocycles. The van der Waals surface area contributed by atoms with E-state index in [2.05, 4.69) is 32.0 Å². The Morgan fingerprint density at radius 1 is 1.28 bits per heavy atom. The Morgan fingerprint density at radius 3 is 2.83 bits per heavy atom. The van der Waals surface area contributed by atoms with Crippen LogP contribution in [0.3, 0.4) is 0 Å². The number of aromatic nitrogens is 1. The fourth-order valence-corrected chi connectivity index (χ4v) is 3.19. The lowest BCUT2D eigenvalue weighted by molar-refractivity contribution is 0.868. The largest absolute Gasteiger partial charge is 0.253 e. The van der Waals surface area contributed by atoms with Gasteiger partial charge in [-0.2, -0.15) is 0 Å². The van der Waals surface area contributed by atoms with E-state index in [-0.39, 0.29) is 0 Å². The quantitative estimate of drug-likeness (QED) is 0.719. The lowest BCUT2D eigenvalue weighted by atomic mass is 9.97. The molecule has 2 heteroatoms. The Morgan fingerprint density at radius 2 is 2.11 bits per heavy atom. The van der Waals surface area contributed by atoms with Gasteiger partial charge in [0.1, 0.15) is 0 Å². The van der Waals surface area contributed by atoms with E-state index in [0.717, 1.165) is 18.4 Å². The van der Waals surface area contributed by atoms with E-state index in [9.17, 15) is 0 Å². The van der Waals surface area contributed by atoms with Crippen molar-refractivity contribution < 1.29 is 0 Å². The fraction of sp³-hybridized carbons (Fsp3) is 0.438. The van der Waals surface area contributed by atoms with Crippen molar-refractivity contribution in [2.24, 2.45) is 0 Å². The molecule has 1 heterocycles. The maximum absolute atomic E-state index is 6.19. The van der Waals surface area contributed by atoms with Crippen LogP contribution in [0.15, 0.2) is 18.2 Å². The average molecular weight is 260 g/mol. The molecule has 0 saturated carbocycles. The van der Waals surface area contributed by atoms with Crippen molar-refractivity contribution in [3.05, 3.63) is 40.6 Å². The lowest BCUT2D eigenvalue weighted by Crippen LogP contribution is -1.98. The number of fused-ring (bicyclic) bond motifs is 2. The van der Waals surface area contributed by atoms with Crippen LogP contribution in [0.4, 0.5) is 0 Å². The molecule has 0 N–H and O–H groups in total. The number of hydrogen-bond donors (Lipinski definition) is 0. The van der Waals surface area contributed by atoms with E-state index in [1.165, 1.54) is 34.2 Å². The molecule has 0 spiro atoms. The molecule has 1 aliphatic carbocycles. The van der Waals surface area contributed by atoms with Crippen LogP contribution in [0, 0.1) is 0 Å². The number of nitrogens with zero attached hydrogens (tertiary/aromatic N) is 1. The van der Waals surface area contributed by atoms with Crippen molar-refractivity contribution in [3.8, 4) is 0 Å². The van der Waals surface area contributed by atoms with E-state index in [1.807, 2.05) is 0 Å². The standard InChI is InChI=1S/C16H18ClN/c1-10(2)11-6-7-16-13(8-11)14(9-17)12-4-3-5-15(12)18-16/h6-8,10H,3-5,9H2,1-2H3. The maximum atomic E-state index is 6.19. The highest BCUT2D eigenvalue weighted by molar-refractivity contribution is 6.18. The third-order valence-electron chi connectivity index (χ3n) is 3.95. The third-order valence-corrected chi connectivity index (χ3v) is 4.22. The second-order valence-corrected chi connectivity index (χ2v) is 5.70. The first-order valence-electron chi connectivity index (χ1n) is 6.71. The molecule has 1 aromatic carbocycles. The minimum atomic E-state index is 0.547. The fourth-order valence-electron chi connectivity index (χ4n) is 2.89. The Bertz CT molecular complexity index is 602. The Kier molecular flexibility index (Phi) is 3.03. The first-order valence-corrected chi connectivity index (χ1v) is 7.24. The van der Waals surface area contributed by atoms with Crippen molar-refractivity contribution in [2.75, 3.05) is 0 Å². The van der Waals surface area contributed by atoms with Crippen LogP contribution in [0.5, 0.6) is 0 Å². The van der Waals surface area contributed by atoms with Gasteiger partial charge in [0.2, 0.25) is 0 Å². The number of aryl methyl sites for hydroxylation is 1. The van der Waals surface area contributed by atoms with E-state index < -0.39 is 0 Å². The summed E-state index contributed by atoms with van der Waals surface area (Å²) in [5.41, 5.74) is 6.48. The van der Waals surface area contributed by atoms with Gasteiger partial charge in [-0.25, -0.2) is 0 Å². The highest BCUT2D eigenvalue weighted by Crippen LogP contribution is 2.32. The zero-order valence-corrected chi connectivity index (χ0v) is 11.7. The smallest absolute Gasteiger partial charge is 0.0708 e. The van der Waals surface area contributed by atoms with Crippen LogP contribution >= 0.6 is 11.6 Å². The van der Waals surface area contributed by atoms with E-state index >= 15 is 0 Å². The number of halogens is 1. The third kappa shape index (κ3) is 1.81. The monoisotopic (exact) mass is 259 g/mol. The summed E-state index contributed by atoms with van der Waals surface area (Å²) in [4.78, 5) is 4.81. The van der Waals surface area contributed by atoms with Crippen molar-refractivity contribution in [1.29, 1.82) is 0 Å². The molecule has 2 aromatic rings. The summed E-state index contributed by atoms with van der Waals surface area (Å²) in [5.74, 6) is 1.15. The van der Waals surface area contributed by atoms with Gasteiger partial charge in [0.05, 0.1) is 5.52 Å². The first kappa shape index (κ1) is 12.0. The van der Waals surface area contributed by atoms with Gasteiger partial charge >= 0.3 is 0 Å². The predicted octanol–water partition coefficient (Wildman–Crippen LogP) is 4.59. The minimum Gasteiger partial charge on any atom is -0.253 e. The summed E-state index contributed by atoms with van der Waals surface area (Å²) in [5, 5.41) is 1.26. The molecule has 1 nitrogen and oxygen atoms in total. The van der Waals surface area contributed by atoms with Crippen LogP contribution in [-0.4, -0.2) is 4.98 Å². The molecular weight excluding hydrogens is 242 g/mol. The van der Waals surface area contributed by atoms with Gasteiger partial charge in [0, 0.05) is 17.0 Å². The summed E-state index contributed by atoms with van der Waals surface area (Å²) in [6.45, 7) is 4.45. The molecule has 0 atom stereocenters. The molecule has 1 aliphatic rings. The maximum Gasteiger partial charge on any atom is 0.0708 e. The van der Waals surface area contributed by atoms with Gasteiger partial charge in [-0.15, -0.1) is 11.6 Å². The molecule has 0 saturated heterocycles. The zero-order valence-electron chi connectivity index (χ0n) is 11.0. The molecule has 18 heavy (non-hydrogen) atoms. The first-order chi connectivity index (χ1) is 8.70. The normalized spacial score (nSPS) is 14.4. The molecule has 3 rings (SSSR count). The summed E-state index contributed by atoms with van der Waals surface area (Å²) in [6, 6.07) is 6.63. The summed E-state index contributed by atoms with van der Waals surface area (Å²) in [6.07, 6.45) is 3.48. The molecule has 0 unspecified atom stereocenters.